The van der Waals surface area contributed by atoms with E-state index >= 15 is 0 Å². The van der Waals surface area contributed by atoms with E-state index in [0.29, 0.717) is 17.2 Å². The fourth-order valence-corrected chi connectivity index (χ4v) is 4.14. The van der Waals surface area contributed by atoms with Crippen molar-refractivity contribution in [2.75, 3.05) is 7.11 Å². The van der Waals surface area contributed by atoms with Crippen LogP contribution in [0, 0.1) is 5.92 Å². The summed E-state index contributed by atoms with van der Waals surface area (Å²) in [6, 6.07) is 9.35. The molecule has 2 heterocycles. The number of aromatic nitrogens is 2. The molecule has 130 valence electrons. The smallest absolute Gasteiger partial charge is 0.331 e. The van der Waals surface area contributed by atoms with Gasteiger partial charge in [0.1, 0.15) is 10.4 Å². The third-order valence-electron chi connectivity index (χ3n) is 5.00. The van der Waals surface area contributed by atoms with Gasteiger partial charge in [-0.05, 0) is 47.9 Å². The van der Waals surface area contributed by atoms with Crippen molar-refractivity contribution >= 4 is 21.6 Å². The van der Waals surface area contributed by atoms with Gasteiger partial charge in [0.15, 0.2) is 0 Å². The Labute approximate surface area is 149 Å². The predicted octanol–water partition coefficient (Wildman–Crippen LogP) is 3.08. The standard InChI is InChI=1S/C19H20N2O3S/c1-24-15-7-5-14(6-8-15)12-21-18(22)17-16(9-10-25-17)20(19(21)23)11-13-3-2-4-13/h5-10,13H,2-4,11-12H2,1H3. The molecule has 25 heavy (non-hydrogen) atoms. The summed E-state index contributed by atoms with van der Waals surface area (Å²) in [5.41, 5.74) is 1.28. The van der Waals surface area contributed by atoms with Crippen molar-refractivity contribution in [3.8, 4) is 5.75 Å². The molecular weight excluding hydrogens is 336 g/mol. The van der Waals surface area contributed by atoms with E-state index in [9.17, 15) is 9.59 Å². The van der Waals surface area contributed by atoms with Gasteiger partial charge in [-0.15, -0.1) is 11.3 Å². The SMILES string of the molecule is COc1ccc(Cn2c(=O)c3sccc3n(CC3CCC3)c2=O)cc1. The van der Waals surface area contributed by atoms with Crippen molar-refractivity contribution in [1.29, 1.82) is 0 Å². The Hall–Kier alpha value is -2.34. The third kappa shape index (κ3) is 2.91. The third-order valence-corrected chi connectivity index (χ3v) is 5.89. The van der Waals surface area contributed by atoms with E-state index in [1.165, 1.54) is 22.3 Å². The summed E-state index contributed by atoms with van der Waals surface area (Å²) >= 11 is 1.41. The molecule has 6 heteroatoms. The first kappa shape index (κ1) is 16.1. The van der Waals surface area contributed by atoms with E-state index < -0.39 is 0 Å². The van der Waals surface area contributed by atoms with Gasteiger partial charge in [0.25, 0.3) is 5.56 Å². The first-order chi connectivity index (χ1) is 12.2. The van der Waals surface area contributed by atoms with Gasteiger partial charge in [-0.1, -0.05) is 18.6 Å². The predicted molar refractivity (Wildman–Crippen MR) is 99.8 cm³/mol. The van der Waals surface area contributed by atoms with Crippen LogP contribution in [0.2, 0.25) is 0 Å². The van der Waals surface area contributed by atoms with Gasteiger partial charge in [-0.25, -0.2) is 4.79 Å². The molecule has 0 radical (unpaired) electrons. The van der Waals surface area contributed by atoms with Crippen LogP contribution in [-0.2, 0) is 13.1 Å². The second-order valence-electron chi connectivity index (χ2n) is 6.56. The Balaban J connectivity index is 1.79. The van der Waals surface area contributed by atoms with Gasteiger partial charge < -0.3 is 4.74 Å². The Bertz CT molecular complexity index is 1010. The minimum atomic E-state index is -0.210. The van der Waals surface area contributed by atoms with E-state index in [-0.39, 0.29) is 17.8 Å². The molecule has 1 aliphatic rings. The van der Waals surface area contributed by atoms with E-state index in [4.69, 9.17) is 4.74 Å². The summed E-state index contributed by atoms with van der Waals surface area (Å²) in [4.78, 5) is 25.8. The largest absolute Gasteiger partial charge is 0.497 e. The monoisotopic (exact) mass is 356 g/mol. The lowest BCUT2D eigenvalue weighted by Crippen LogP contribution is -2.41. The van der Waals surface area contributed by atoms with Crippen LogP contribution in [-0.4, -0.2) is 16.2 Å². The van der Waals surface area contributed by atoms with E-state index in [1.807, 2.05) is 35.7 Å². The number of ether oxygens (including phenoxy) is 1. The van der Waals surface area contributed by atoms with Crippen LogP contribution >= 0.6 is 11.3 Å². The van der Waals surface area contributed by atoms with Crippen LogP contribution in [0.15, 0.2) is 45.3 Å². The van der Waals surface area contributed by atoms with Gasteiger partial charge in [0.05, 0.1) is 19.2 Å². The maximum atomic E-state index is 13.0. The normalized spacial score (nSPS) is 14.6. The second-order valence-corrected chi connectivity index (χ2v) is 7.48. The number of hydrogen-bond donors (Lipinski definition) is 0. The molecule has 0 amide bonds. The minimum absolute atomic E-state index is 0.198. The van der Waals surface area contributed by atoms with Crippen molar-refractivity contribution in [1.82, 2.24) is 9.13 Å². The van der Waals surface area contributed by atoms with Gasteiger partial charge in [0, 0.05) is 6.54 Å². The highest BCUT2D eigenvalue weighted by atomic mass is 32.1. The minimum Gasteiger partial charge on any atom is -0.497 e. The van der Waals surface area contributed by atoms with Crippen molar-refractivity contribution in [2.45, 2.75) is 32.4 Å². The van der Waals surface area contributed by atoms with Crippen molar-refractivity contribution < 1.29 is 4.74 Å². The highest BCUT2D eigenvalue weighted by Gasteiger charge is 2.21. The zero-order valence-corrected chi connectivity index (χ0v) is 14.9. The van der Waals surface area contributed by atoms with Crippen LogP contribution < -0.4 is 16.0 Å². The lowest BCUT2D eigenvalue weighted by molar-refractivity contribution is 0.274. The van der Waals surface area contributed by atoms with Crippen LogP contribution in [0.25, 0.3) is 10.2 Å². The first-order valence-corrected chi connectivity index (χ1v) is 9.39. The average Bonchev–Trinajstić information content (AvgIpc) is 3.07. The van der Waals surface area contributed by atoms with Gasteiger partial charge in [-0.3, -0.25) is 13.9 Å². The molecule has 1 saturated carbocycles. The summed E-state index contributed by atoms with van der Waals surface area (Å²) < 4.78 is 8.98. The van der Waals surface area contributed by atoms with Gasteiger partial charge in [-0.2, -0.15) is 0 Å². The zero-order chi connectivity index (χ0) is 17.4. The lowest BCUT2D eigenvalue weighted by atomic mass is 9.85. The summed E-state index contributed by atoms with van der Waals surface area (Å²) in [5, 5.41) is 1.89. The van der Waals surface area contributed by atoms with Crippen molar-refractivity contribution in [3.63, 3.8) is 0 Å². The number of nitrogens with zero attached hydrogens (tertiary/aromatic N) is 2. The van der Waals surface area contributed by atoms with Crippen LogP contribution in [0.4, 0.5) is 0 Å². The Morgan fingerprint density at radius 1 is 1.12 bits per heavy atom. The second kappa shape index (κ2) is 6.52. The topological polar surface area (TPSA) is 53.2 Å². The van der Waals surface area contributed by atoms with Crippen LogP contribution in [0.5, 0.6) is 5.75 Å². The quantitative estimate of drug-likeness (QED) is 0.706. The number of thiophene rings is 1. The zero-order valence-electron chi connectivity index (χ0n) is 14.1. The molecule has 0 bridgehead atoms. The molecule has 0 unspecified atom stereocenters. The maximum absolute atomic E-state index is 13.0. The molecule has 0 atom stereocenters. The number of fused-ring (bicyclic) bond motifs is 1. The average molecular weight is 356 g/mol. The van der Waals surface area contributed by atoms with Gasteiger partial charge >= 0.3 is 5.69 Å². The lowest BCUT2D eigenvalue weighted by Gasteiger charge is -2.26. The van der Waals surface area contributed by atoms with Crippen molar-refractivity contribution in [3.05, 3.63) is 62.1 Å². The number of benzene rings is 1. The summed E-state index contributed by atoms with van der Waals surface area (Å²) in [6.45, 7) is 0.981. The van der Waals surface area contributed by atoms with Crippen LogP contribution in [0.1, 0.15) is 24.8 Å². The molecule has 0 aliphatic heterocycles. The number of methoxy groups -OCH3 is 1. The molecule has 3 aromatic rings. The molecule has 4 rings (SSSR count). The molecule has 2 aromatic heterocycles. The first-order valence-electron chi connectivity index (χ1n) is 8.51. The van der Waals surface area contributed by atoms with E-state index in [2.05, 4.69) is 0 Å². The fraction of sp³-hybridized carbons (Fsp3) is 0.368. The summed E-state index contributed by atoms with van der Waals surface area (Å²) in [6.07, 6.45) is 3.56. The highest BCUT2D eigenvalue weighted by molar-refractivity contribution is 7.17. The van der Waals surface area contributed by atoms with E-state index in [0.717, 1.165) is 29.7 Å². The fourth-order valence-electron chi connectivity index (χ4n) is 3.30. The molecule has 1 aliphatic carbocycles. The highest BCUT2D eigenvalue weighted by Crippen LogP contribution is 2.28. The molecule has 5 nitrogen and oxygen atoms in total. The molecule has 0 spiro atoms. The molecule has 0 saturated heterocycles. The molecule has 1 aromatic carbocycles. The maximum Gasteiger partial charge on any atom is 0.331 e. The number of hydrogen-bond acceptors (Lipinski definition) is 4. The Morgan fingerprint density at radius 2 is 1.88 bits per heavy atom. The number of rotatable bonds is 5. The van der Waals surface area contributed by atoms with E-state index in [1.54, 1.807) is 11.7 Å². The molecule has 0 N–H and O–H groups in total. The Morgan fingerprint density at radius 3 is 2.52 bits per heavy atom. The Kier molecular flexibility index (Phi) is 4.21. The van der Waals surface area contributed by atoms with Gasteiger partial charge in [0.2, 0.25) is 0 Å². The van der Waals surface area contributed by atoms with Crippen molar-refractivity contribution in [2.24, 2.45) is 5.92 Å². The molecular formula is C19H20N2O3S. The summed E-state index contributed by atoms with van der Waals surface area (Å²) in [7, 11) is 1.61. The van der Waals surface area contributed by atoms with Crippen LogP contribution in [0.3, 0.4) is 0 Å². The molecule has 1 fully saturated rings. The summed E-state index contributed by atoms with van der Waals surface area (Å²) in [5.74, 6) is 1.31.